The molecule has 0 saturated carbocycles. The maximum absolute atomic E-state index is 12.7. The van der Waals surface area contributed by atoms with E-state index in [1.54, 1.807) is 19.2 Å². The lowest BCUT2D eigenvalue weighted by Crippen LogP contribution is -2.42. The van der Waals surface area contributed by atoms with Crippen molar-refractivity contribution in [2.24, 2.45) is 5.41 Å². The number of carboxylic acid groups (broad SMARTS) is 1. The first-order valence-electron chi connectivity index (χ1n) is 8.61. The van der Waals surface area contributed by atoms with E-state index in [-0.39, 0.29) is 30.1 Å². The zero-order valence-electron chi connectivity index (χ0n) is 15.1. The number of carboxylic acids is 1. The summed E-state index contributed by atoms with van der Waals surface area (Å²) < 4.78 is 5.16. The SMILES string of the molecule is CC1CCCCN1C(=O)c1csc(-c2noc(CC(C)(C)C(=O)O)n2)n1. The molecule has 3 rings (SSSR count). The zero-order valence-corrected chi connectivity index (χ0v) is 15.9. The number of aliphatic carboxylic acids is 1. The van der Waals surface area contributed by atoms with Gasteiger partial charge in [0.1, 0.15) is 5.69 Å². The first-order chi connectivity index (χ1) is 12.3. The zero-order chi connectivity index (χ0) is 18.9. The van der Waals surface area contributed by atoms with E-state index in [1.165, 1.54) is 11.3 Å². The van der Waals surface area contributed by atoms with E-state index in [1.807, 2.05) is 4.90 Å². The summed E-state index contributed by atoms with van der Waals surface area (Å²) in [5.41, 5.74) is -0.617. The summed E-state index contributed by atoms with van der Waals surface area (Å²) in [6, 6.07) is 0.219. The lowest BCUT2D eigenvalue weighted by Gasteiger charge is -2.32. The van der Waals surface area contributed by atoms with Gasteiger partial charge in [-0.25, -0.2) is 4.98 Å². The van der Waals surface area contributed by atoms with Crippen LogP contribution < -0.4 is 0 Å². The molecule has 8 nitrogen and oxygen atoms in total. The van der Waals surface area contributed by atoms with Gasteiger partial charge >= 0.3 is 5.97 Å². The second-order valence-electron chi connectivity index (χ2n) is 7.26. The fraction of sp³-hybridized carbons (Fsp3) is 0.588. The molecule has 0 bridgehead atoms. The normalized spacial score (nSPS) is 18.1. The Kier molecular flexibility index (Phi) is 5.08. The number of hydrogen-bond acceptors (Lipinski definition) is 7. The Hall–Kier alpha value is -2.29. The maximum Gasteiger partial charge on any atom is 0.309 e. The van der Waals surface area contributed by atoms with Gasteiger partial charge < -0.3 is 14.5 Å². The molecular weight excluding hydrogens is 356 g/mol. The molecule has 1 aliphatic rings. The standard InChI is InChI=1S/C17H22N4O4S/c1-10-6-4-5-7-21(10)15(22)11-9-26-14(18-11)13-19-12(25-20-13)8-17(2,3)16(23)24/h9-10H,4-8H2,1-3H3,(H,23,24). The van der Waals surface area contributed by atoms with Gasteiger partial charge in [-0.3, -0.25) is 9.59 Å². The van der Waals surface area contributed by atoms with E-state index in [4.69, 9.17) is 4.52 Å². The predicted molar refractivity (Wildman–Crippen MR) is 94.9 cm³/mol. The van der Waals surface area contributed by atoms with Crippen LogP contribution in [0.1, 0.15) is 56.4 Å². The summed E-state index contributed by atoms with van der Waals surface area (Å²) >= 11 is 1.27. The van der Waals surface area contributed by atoms with Crippen LogP contribution in [0.5, 0.6) is 0 Å². The van der Waals surface area contributed by atoms with Gasteiger partial charge in [0.15, 0.2) is 5.01 Å². The average molecular weight is 378 g/mol. The van der Waals surface area contributed by atoms with Gasteiger partial charge in [-0.15, -0.1) is 11.3 Å². The van der Waals surface area contributed by atoms with Gasteiger partial charge in [0.05, 0.1) is 5.41 Å². The number of hydrogen-bond donors (Lipinski definition) is 1. The number of aromatic nitrogens is 3. The van der Waals surface area contributed by atoms with Crippen LogP contribution in [0.3, 0.4) is 0 Å². The third-order valence-corrected chi connectivity index (χ3v) is 5.46. The van der Waals surface area contributed by atoms with Crippen LogP contribution in [0.15, 0.2) is 9.90 Å². The highest BCUT2D eigenvalue weighted by Crippen LogP contribution is 2.26. The fourth-order valence-electron chi connectivity index (χ4n) is 2.89. The van der Waals surface area contributed by atoms with Crippen LogP contribution in [0.2, 0.25) is 0 Å². The Bertz CT molecular complexity index is 813. The van der Waals surface area contributed by atoms with Gasteiger partial charge in [0.2, 0.25) is 11.7 Å². The first-order valence-corrected chi connectivity index (χ1v) is 9.49. The largest absolute Gasteiger partial charge is 0.481 e. The average Bonchev–Trinajstić information content (AvgIpc) is 3.23. The Balaban J connectivity index is 1.74. The highest BCUT2D eigenvalue weighted by molar-refractivity contribution is 7.13. The third-order valence-electron chi connectivity index (χ3n) is 4.62. The Morgan fingerprint density at radius 3 is 2.85 bits per heavy atom. The minimum atomic E-state index is -1.00. The van der Waals surface area contributed by atoms with E-state index in [2.05, 4.69) is 22.0 Å². The van der Waals surface area contributed by atoms with Crippen molar-refractivity contribution in [3.05, 3.63) is 17.0 Å². The summed E-state index contributed by atoms with van der Waals surface area (Å²) in [4.78, 5) is 34.3. The quantitative estimate of drug-likeness (QED) is 0.852. The van der Waals surface area contributed by atoms with Gasteiger partial charge in [-0.2, -0.15) is 4.98 Å². The number of thiazole rings is 1. The third kappa shape index (κ3) is 3.77. The topological polar surface area (TPSA) is 109 Å². The van der Waals surface area contributed by atoms with Crippen LogP contribution in [0, 0.1) is 5.41 Å². The van der Waals surface area contributed by atoms with Crippen molar-refractivity contribution in [1.29, 1.82) is 0 Å². The van der Waals surface area contributed by atoms with Gasteiger partial charge in [0, 0.05) is 24.4 Å². The van der Waals surface area contributed by atoms with Gasteiger partial charge in [-0.1, -0.05) is 5.16 Å². The maximum atomic E-state index is 12.7. The number of nitrogens with zero attached hydrogens (tertiary/aromatic N) is 4. The highest BCUT2D eigenvalue weighted by atomic mass is 32.1. The Morgan fingerprint density at radius 2 is 2.15 bits per heavy atom. The number of amides is 1. The van der Waals surface area contributed by atoms with E-state index >= 15 is 0 Å². The van der Waals surface area contributed by atoms with Crippen LogP contribution in [0.4, 0.5) is 0 Å². The molecule has 2 aromatic rings. The summed E-state index contributed by atoms with van der Waals surface area (Å²) in [7, 11) is 0. The van der Waals surface area contributed by atoms with Gasteiger partial charge in [0.25, 0.3) is 5.91 Å². The molecule has 1 atom stereocenters. The molecule has 0 aromatic carbocycles. The number of carbonyl (C=O) groups excluding carboxylic acids is 1. The molecule has 0 aliphatic carbocycles. The number of piperidine rings is 1. The summed E-state index contributed by atoms with van der Waals surface area (Å²) in [5.74, 6) is -0.498. The van der Waals surface area contributed by atoms with Crippen molar-refractivity contribution in [2.75, 3.05) is 6.54 Å². The molecular formula is C17H22N4O4S. The first kappa shape index (κ1) is 18.5. The summed E-state index contributed by atoms with van der Waals surface area (Å²) in [6.07, 6.45) is 3.29. The van der Waals surface area contributed by atoms with Crippen LogP contribution >= 0.6 is 11.3 Å². The van der Waals surface area contributed by atoms with Crippen LogP contribution in [0.25, 0.3) is 10.8 Å². The van der Waals surface area contributed by atoms with E-state index in [9.17, 15) is 14.7 Å². The summed E-state index contributed by atoms with van der Waals surface area (Å²) in [6.45, 7) is 6.00. The molecule has 140 valence electrons. The minimum Gasteiger partial charge on any atom is -0.481 e. The lowest BCUT2D eigenvalue weighted by atomic mass is 9.90. The molecule has 9 heteroatoms. The Labute approximate surface area is 155 Å². The number of rotatable bonds is 5. The molecule has 1 fully saturated rings. The van der Waals surface area contributed by atoms with Crippen molar-refractivity contribution in [2.45, 2.75) is 52.5 Å². The Morgan fingerprint density at radius 1 is 1.38 bits per heavy atom. The van der Waals surface area contributed by atoms with Crippen molar-refractivity contribution >= 4 is 23.2 Å². The molecule has 0 spiro atoms. The fourth-order valence-corrected chi connectivity index (χ4v) is 3.61. The molecule has 2 aromatic heterocycles. The lowest BCUT2D eigenvalue weighted by molar-refractivity contribution is -0.147. The minimum absolute atomic E-state index is 0.0737. The monoisotopic (exact) mass is 378 g/mol. The molecule has 1 aliphatic heterocycles. The second kappa shape index (κ2) is 7.14. The van der Waals surface area contributed by atoms with Gasteiger partial charge in [-0.05, 0) is 40.0 Å². The van der Waals surface area contributed by atoms with Crippen molar-refractivity contribution in [3.63, 3.8) is 0 Å². The molecule has 1 saturated heterocycles. The molecule has 26 heavy (non-hydrogen) atoms. The van der Waals surface area contributed by atoms with Crippen molar-refractivity contribution in [3.8, 4) is 10.8 Å². The van der Waals surface area contributed by atoms with Crippen LogP contribution in [-0.2, 0) is 11.2 Å². The van der Waals surface area contributed by atoms with E-state index in [0.717, 1.165) is 25.8 Å². The van der Waals surface area contributed by atoms with Crippen LogP contribution in [-0.4, -0.2) is 49.6 Å². The molecule has 1 N–H and O–H groups in total. The number of likely N-dealkylation sites (tertiary alicyclic amines) is 1. The van der Waals surface area contributed by atoms with E-state index < -0.39 is 11.4 Å². The molecule has 0 radical (unpaired) electrons. The highest BCUT2D eigenvalue weighted by Gasteiger charge is 2.31. The van der Waals surface area contributed by atoms with Crippen molar-refractivity contribution in [1.82, 2.24) is 20.0 Å². The molecule has 1 unspecified atom stereocenters. The van der Waals surface area contributed by atoms with Crippen molar-refractivity contribution < 1.29 is 19.2 Å². The summed E-state index contributed by atoms with van der Waals surface area (Å²) in [5, 5.41) is 15.3. The number of carbonyl (C=O) groups is 2. The second-order valence-corrected chi connectivity index (χ2v) is 8.12. The smallest absolute Gasteiger partial charge is 0.309 e. The molecule has 3 heterocycles. The predicted octanol–water partition coefficient (Wildman–Crippen LogP) is 2.86. The van der Waals surface area contributed by atoms with E-state index in [0.29, 0.717) is 10.7 Å². The molecule has 1 amide bonds.